The van der Waals surface area contributed by atoms with E-state index < -0.39 is 46.9 Å². The Bertz CT molecular complexity index is 1150. The van der Waals surface area contributed by atoms with Crippen LogP contribution >= 0.6 is 0 Å². The summed E-state index contributed by atoms with van der Waals surface area (Å²) in [6.07, 6.45) is -4.66. The van der Waals surface area contributed by atoms with Crippen LogP contribution in [0.3, 0.4) is 0 Å². The number of anilines is 1. The average Bonchev–Trinajstić information content (AvgIpc) is 3.18. The lowest BCUT2D eigenvalue weighted by Gasteiger charge is -2.22. The first-order valence-electron chi connectivity index (χ1n) is 10.3. The van der Waals surface area contributed by atoms with Gasteiger partial charge in [-0.05, 0) is 29.8 Å². The number of carbonyl (C=O) groups excluding carboxylic acids is 3. The SMILES string of the molecule is CN(Cc1ccc(C(=O)NCC(F)(F)F)cc1)C(=O)[C@H]1CC(=O)N(c2ccc(F)c([N+](=O)[O-])c2)C1. The minimum absolute atomic E-state index is 0.0254. The van der Waals surface area contributed by atoms with E-state index in [9.17, 15) is 42.1 Å². The van der Waals surface area contributed by atoms with Gasteiger partial charge in [0.1, 0.15) is 6.54 Å². The van der Waals surface area contributed by atoms with Gasteiger partial charge in [0.05, 0.1) is 16.5 Å². The van der Waals surface area contributed by atoms with Crippen LogP contribution in [0.1, 0.15) is 22.3 Å². The van der Waals surface area contributed by atoms with E-state index in [1.54, 1.807) is 5.32 Å². The second-order valence-corrected chi connectivity index (χ2v) is 7.99. The summed E-state index contributed by atoms with van der Waals surface area (Å²) in [5.41, 5.74) is -0.0425. The Morgan fingerprint density at radius 1 is 1.20 bits per heavy atom. The lowest BCUT2D eigenvalue weighted by Crippen LogP contribution is -2.34. The quantitative estimate of drug-likeness (QED) is 0.360. The molecule has 1 atom stereocenters. The van der Waals surface area contributed by atoms with Gasteiger partial charge in [0.15, 0.2) is 0 Å². The van der Waals surface area contributed by atoms with Crippen LogP contribution in [0.5, 0.6) is 0 Å². The van der Waals surface area contributed by atoms with Crippen molar-refractivity contribution >= 4 is 29.1 Å². The second kappa shape index (κ2) is 10.1. The number of amides is 3. The zero-order valence-electron chi connectivity index (χ0n) is 18.3. The summed E-state index contributed by atoms with van der Waals surface area (Å²) in [4.78, 5) is 49.7. The Hall–Kier alpha value is -4.03. The summed E-state index contributed by atoms with van der Waals surface area (Å²) < 4.78 is 50.3. The molecule has 2 aromatic rings. The van der Waals surface area contributed by atoms with Gasteiger partial charge in [-0.25, -0.2) is 0 Å². The fraction of sp³-hybridized carbons (Fsp3) is 0.318. The Balaban J connectivity index is 1.61. The first-order valence-corrected chi connectivity index (χ1v) is 10.3. The number of alkyl halides is 3. The van der Waals surface area contributed by atoms with E-state index in [0.29, 0.717) is 5.56 Å². The van der Waals surface area contributed by atoms with Crippen molar-refractivity contribution in [1.29, 1.82) is 0 Å². The smallest absolute Gasteiger partial charge is 0.343 e. The third-order valence-corrected chi connectivity index (χ3v) is 5.37. The Labute approximate surface area is 196 Å². The van der Waals surface area contributed by atoms with Gasteiger partial charge < -0.3 is 15.1 Å². The maximum Gasteiger partial charge on any atom is 0.405 e. The molecule has 0 spiro atoms. The topological polar surface area (TPSA) is 113 Å². The number of carbonyl (C=O) groups is 3. The van der Waals surface area contributed by atoms with Gasteiger partial charge in [-0.2, -0.15) is 17.6 Å². The number of halogens is 4. The summed E-state index contributed by atoms with van der Waals surface area (Å²) in [5.74, 6) is -3.47. The molecule has 1 fully saturated rings. The monoisotopic (exact) mass is 496 g/mol. The second-order valence-electron chi connectivity index (χ2n) is 7.99. The molecule has 1 heterocycles. The minimum atomic E-state index is -4.53. The fourth-order valence-electron chi connectivity index (χ4n) is 3.64. The summed E-state index contributed by atoms with van der Waals surface area (Å²) in [6.45, 7) is -1.38. The minimum Gasteiger partial charge on any atom is -0.343 e. The van der Waals surface area contributed by atoms with Crippen LogP contribution < -0.4 is 10.2 Å². The van der Waals surface area contributed by atoms with Crippen molar-refractivity contribution in [1.82, 2.24) is 10.2 Å². The number of rotatable bonds is 7. The third kappa shape index (κ3) is 6.31. The average molecular weight is 496 g/mol. The van der Waals surface area contributed by atoms with Crippen LogP contribution in [0.4, 0.5) is 28.9 Å². The summed E-state index contributed by atoms with van der Waals surface area (Å²) in [6, 6.07) is 8.71. The summed E-state index contributed by atoms with van der Waals surface area (Å²) >= 11 is 0. The molecule has 1 aliphatic rings. The van der Waals surface area contributed by atoms with Crippen molar-refractivity contribution in [2.24, 2.45) is 5.92 Å². The maximum atomic E-state index is 13.6. The maximum absolute atomic E-state index is 13.6. The Kier molecular flexibility index (Phi) is 7.37. The van der Waals surface area contributed by atoms with E-state index in [0.717, 1.165) is 12.1 Å². The molecule has 3 rings (SSSR count). The zero-order valence-corrected chi connectivity index (χ0v) is 18.3. The molecule has 0 bridgehead atoms. The molecular weight excluding hydrogens is 476 g/mol. The highest BCUT2D eigenvalue weighted by atomic mass is 19.4. The van der Waals surface area contributed by atoms with Gasteiger partial charge in [0, 0.05) is 38.2 Å². The summed E-state index contributed by atoms with van der Waals surface area (Å²) in [7, 11) is 1.50. The van der Waals surface area contributed by atoms with Crippen molar-refractivity contribution in [2.75, 3.05) is 25.0 Å². The molecule has 0 saturated carbocycles. The van der Waals surface area contributed by atoms with E-state index in [1.807, 2.05) is 0 Å². The van der Waals surface area contributed by atoms with E-state index in [1.165, 1.54) is 47.2 Å². The van der Waals surface area contributed by atoms with Gasteiger partial charge in [-0.3, -0.25) is 24.5 Å². The number of hydrogen-bond acceptors (Lipinski definition) is 5. The predicted octanol–water partition coefficient (Wildman–Crippen LogP) is 3.04. The highest BCUT2D eigenvalue weighted by Crippen LogP contribution is 2.30. The molecule has 0 radical (unpaired) electrons. The first kappa shape index (κ1) is 25.6. The van der Waals surface area contributed by atoms with Gasteiger partial charge in [0.25, 0.3) is 5.91 Å². The van der Waals surface area contributed by atoms with Crippen molar-refractivity contribution < 1.29 is 36.9 Å². The number of nitro groups is 1. The molecule has 186 valence electrons. The molecule has 0 aromatic heterocycles. The van der Waals surface area contributed by atoms with E-state index >= 15 is 0 Å². The van der Waals surface area contributed by atoms with Crippen molar-refractivity contribution in [2.45, 2.75) is 19.1 Å². The molecule has 1 N–H and O–H groups in total. The lowest BCUT2D eigenvalue weighted by atomic mass is 10.1. The predicted molar refractivity (Wildman–Crippen MR) is 115 cm³/mol. The zero-order chi connectivity index (χ0) is 25.9. The van der Waals surface area contributed by atoms with Crippen LogP contribution in [-0.4, -0.2) is 53.9 Å². The molecule has 35 heavy (non-hydrogen) atoms. The Morgan fingerprint density at radius 2 is 1.86 bits per heavy atom. The van der Waals surface area contributed by atoms with Crippen LogP contribution in [0.15, 0.2) is 42.5 Å². The summed E-state index contributed by atoms with van der Waals surface area (Å²) in [5, 5.41) is 12.7. The molecule has 0 aliphatic carbocycles. The molecule has 3 amide bonds. The van der Waals surface area contributed by atoms with Gasteiger partial charge in [-0.15, -0.1) is 0 Å². The molecule has 9 nitrogen and oxygen atoms in total. The molecular formula is C22H20F4N4O5. The lowest BCUT2D eigenvalue weighted by molar-refractivity contribution is -0.387. The van der Waals surface area contributed by atoms with Crippen LogP contribution in [0.25, 0.3) is 0 Å². The molecule has 1 saturated heterocycles. The van der Waals surface area contributed by atoms with Crippen LogP contribution in [0.2, 0.25) is 0 Å². The number of nitrogens with one attached hydrogen (secondary N) is 1. The fourth-order valence-corrected chi connectivity index (χ4v) is 3.64. The van der Waals surface area contributed by atoms with Crippen LogP contribution in [0, 0.1) is 21.8 Å². The Morgan fingerprint density at radius 3 is 2.46 bits per heavy atom. The number of nitro benzene ring substituents is 1. The van der Waals surface area contributed by atoms with Crippen LogP contribution in [-0.2, 0) is 16.1 Å². The van der Waals surface area contributed by atoms with Gasteiger partial charge in [-0.1, -0.05) is 12.1 Å². The van der Waals surface area contributed by atoms with E-state index in [4.69, 9.17) is 0 Å². The number of nitrogens with zero attached hydrogens (tertiary/aromatic N) is 3. The van der Waals surface area contributed by atoms with E-state index in [2.05, 4.69) is 0 Å². The first-order chi connectivity index (χ1) is 16.4. The van der Waals surface area contributed by atoms with Crippen molar-refractivity contribution in [3.8, 4) is 0 Å². The highest BCUT2D eigenvalue weighted by Gasteiger charge is 2.37. The van der Waals surface area contributed by atoms with E-state index in [-0.39, 0.29) is 36.7 Å². The molecule has 13 heteroatoms. The number of benzene rings is 2. The highest BCUT2D eigenvalue weighted by molar-refractivity contribution is 6.00. The standard InChI is InChI=1S/C22H20F4N4O5/c1-28(10-13-2-4-14(5-3-13)20(32)27-12-22(24,25)26)21(33)15-8-19(31)29(11-15)16-6-7-17(23)18(9-16)30(34)35/h2-7,9,15H,8,10-12H2,1H3,(H,27,32)/t15-/m0/s1. The third-order valence-electron chi connectivity index (χ3n) is 5.37. The molecule has 1 aliphatic heterocycles. The number of hydrogen-bond donors (Lipinski definition) is 1. The largest absolute Gasteiger partial charge is 0.405 e. The van der Waals surface area contributed by atoms with Crippen molar-refractivity contribution in [3.05, 3.63) is 69.5 Å². The van der Waals surface area contributed by atoms with Gasteiger partial charge in [0.2, 0.25) is 17.6 Å². The van der Waals surface area contributed by atoms with Crippen molar-refractivity contribution in [3.63, 3.8) is 0 Å². The normalized spacial score (nSPS) is 15.7. The van der Waals surface area contributed by atoms with Gasteiger partial charge >= 0.3 is 11.9 Å². The molecule has 0 unspecified atom stereocenters. The molecule has 2 aromatic carbocycles.